The molecule has 32 heavy (non-hydrogen) atoms. The molecule has 2 heterocycles. The molecule has 0 atom stereocenters. The van der Waals surface area contributed by atoms with Gasteiger partial charge in [0.2, 0.25) is 5.82 Å². The van der Waals surface area contributed by atoms with E-state index in [0.717, 1.165) is 9.25 Å². The van der Waals surface area contributed by atoms with Crippen LogP contribution in [-0.4, -0.2) is 30.4 Å². The summed E-state index contributed by atoms with van der Waals surface area (Å²) in [7, 11) is 0. The van der Waals surface area contributed by atoms with Crippen LogP contribution in [0.4, 0.5) is 0 Å². The summed E-state index contributed by atoms with van der Waals surface area (Å²) in [5.74, 6) is -1.20. The fourth-order valence-corrected chi connectivity index (χ4v) is 3.18. The third-order valence-electron chi connectivity index (χ3n) is 4.61. The van der Waals surface area contributed by atoms with E-state index in [1.807, 2.05) is 0 Å². The standard InChI is InChI=1S/C21H17ClN6O4/c1-2-27-20(30)16(25-28(21(27)31)14-9-4-3-5-10-14)17-24-19(32-26-17)18(29)23-12-13-8-6-7-11-15(13)22/h3-11H,2,12H2,1H3,(H,23,29). The number of benzene rings is 2. The van der Waals surface area contributed by atoms with Gasteiger partial charge in [-0.2, -0.15) is 14.8 Å². The summed E-state index contributed by atoms with van der Waals surface area (Å²) in [4.78, 5) is 41.9. The first-order valence-electron chi connectivity index (χ1n) is 9.65. The van der Waals surface area contributed by atoms with Gasteiger partial charge in [0, 0.05) is 18.1 Å². The normalized spacial score (nSPS) is 10.8. The van der Waals surface area contributed by atoms with Crippen molar-refractivity contribution < 1.29 is 9.32 Å². The number of hydrogen-bond donors (Lipinski definition) is 1. The van der Waals surface area contributed by atoms with Gasteiger partial charge in [-0.1, -0.05) is 53.2 Å². The predicted octanol–water partition coefficient (Wildman–Crippen LogP) is 2.05. The van der Waals surface area contributed by atoms with Crippen molar-refractivity contribution in [1.29, 1.82) is 0 Å². The Morgan fingerprint density at radius 3 is 2.53 bits per heavy atom. The number of nitrogens with zero attached hydrogens (tertiary/aromatic N) is 5. The van der Waals surface area contributed by atoms with Crippen LogP contribution >= 0.6 is 11.6 Å². The average Bonchev–Trinajstić information content (AvgIpc) is 3.29. The van der Waals surface area contributed by atoms with E-state index >= 15 is 0 Å². The fourth-order valence-electron chi connectivity index (χ4n) is 2.98. The smallest absolute Gasteiger partial charge is 0.344 e. The Labute approximate surface area is 186 Å². The van der Waals surface area contributed by atoms with E-state index in [1.54, 1.807) is 61.5 Å². The number of halogens is 1. The van der Waals surface area contributed by atoms with Crippen LogP contribution in [0.1, 0.15) is 23.2 Å². The quantitative estimate of drug-likeness (QED) is 0.474. The molecule has 11 heteroatoms. The van der Waals surface area contributed by atoms with Gasteiger partial charge in [-0.05, 0) is 30.7 Å². The van der Waals surface area contributed by atoms with Gasteiger partial charge in [0.1, 0.15) is 0 Å². The molecule has 0 saturated carbocycles. The first-order chi connectivity index (χ1) is 15.5. The van der Waals surface area contributed by atoms with Crippen LogP contribution in [0.5, 0.6) is 0 Å². The van der Waals surface area contributed by atoms with Crippen molar-refractivity contribution in [3.8, 4) is 17.2 Å². The number of nitrogens with one attached hydrogen (secondary N) is 1. The maximum Gasteiger partial charge on any atom is 0.352 e. The Balaban J connectivity index is 1.66. The van der Waals surface area contributed by atoms with E-state index in [0.29, 0.717) is 16.3 Å². The molecule has 2 aromatic heterocycles. The second-order valence-electron chi connectivity index (χ2n) is 6.63. The Morgan fingerprint density at radius 1 is 1.09 bits per heavy atom. The van der Waals surface area contributed by atoms with Crippen molar-refractivity contribution in [3.05, 3.63) is 91.9 Å². The molecule has 0 fully saturated rings. The third-order valence-corrected chi connectivity index (χ3v) is 4.97. The summed E-state index contributed by atoms with van der Waals surface area (Å²) in [6.07, 6.45) is 0. The van der Waals surface area contributed by atoms with Crippen LogP contribution in [-0.2, 0) is 13.1 Å². The van der Waals surface area contributed by atoms with Gasteiger partial charge < -0.3 is 9.84 Å². The molecule has 0 aliphatic carbocycles. The van der Waals surface area contributed by atoms with Crippen molar-refractivity contribution >= 4 is 17.5 Å². The van der Waals surface area contributed by atoms with E-state index < -0.39 is 17.2 Å². The van der Waals surface area contributed by atoms with E-state index in [4.69, 9.17) is 16.1 Å². The second-order valence-corrected chi connectivity index (χ2v) is 7.03. The Morgan fingerprint density at radius 2 is 1.81 bits per heavy atom. The van der Waals surface area contributed by atoms with Crippen LogP contribution in [0.2, 0.25) is 5.02 Å². The monoisotopic (exact) mass is 452 g/mol. The number of hydrogen-bond acceptors (Lipinski definition) is 7. The molecule has 4 aromatic rings. The lowest BCUT2D eigenvalue weighted by atomic mass is 10.2. The Hall–Kier alpha value is -4.05. The first-order valence-corrected chi connectivity index (χ1v) is 10.0. The summed E-state index contributed by atoms with van der Waals surface area (Å²) in [5, 5.41) is 11.0. The number of para-hydroxylation sites is 1. The highest BCUT2D eigenvalue weighted by molar-refractivity contribution is 6.31. The highest BCUT2D eigenvalue weighted by atomic mass is 35.5. The minimum absolute atomic E-state index is 0.114. The van der Waals surface area contributed by atoms with Crippen molar-refractivity contribution in [2.45, 2.75) is 20.0 Å². The number of carbonyl (C=O) groups excluding carboxylic acids is 1. The molecular formula is C21H17ClN6O4. The second kappa shape index (κ2) is 8.98. The molecule has 4 rings (SSSR count). The fraction of sp³-hybridized carbons (Fsp3) is 0.143. The van der Waals surface area contributed by atoms with Gasteiger partial charge in [0.15, 0.2) is 5.69 Å². The van der Waals surface area contributed by atoms with Crippen LogP contribution in [0.15, 0.2) is 68.7 Å². The summed E-state index contributed by atoms with van der Waals surface area (Å²) < 4.78 is 7.10. The van der Waals surface area contributed by atoms with Gasteiger partial charge >= 0.3 is 17.5 Å². The van der Waals surface area contributed by atoms with Crippen molar-refractivity contribution in [3.63, 3.8) is 0 Å². The maximum absolute atomic E-state index is 12.8. The number of aromatic nitrogens is 5. The summed E-state index contributed by atoms with van der Waals surface area (Å²) in [6.45, 7) is 1.92. The zero-order chi connectivity index (χ0) is 22.7. The van der Waals surface area contributed by atoms with Gasteiger partial charge in [-0.3, -0.25) is 14.2 Å². The van der Waals surface area contributed by atoms with E-state index in [9.17, 15) is 14.4 Å². The number of rotatable bonds is 6. The van der Waals surface area contributed by atoms with Gasteiger partial charge in [0.25, 0.3) is 5.56 Å². The summed E-state index contributed by atoms with van der Waals surface area (Å²) in [5.41, 5.74) is -0.335. The molecule has 0 saturated heterocycles. The lowest BCUT2D eigenvalue weighted by Crippen LogP contribution is -2.41. The lowest BCUT2D eigenvalue weighted by molar-refractivity contribution is 0.0907. The number of carbonyl (C=O) groups is 1. The zero-order valence-electron chi connectivity index (χ0n) is 16.9. The summed E-state index contributed by atoms with van der Waals surface area (Å²) >= 11 is 6.09. The van der Waals surface area contributed by atoms with E-state index in [1.165, 1.54) is 0 Å². The maximum atomic E-state index is 12.8. The predicted molar refractivity (Wildman–Crippen MR) is 116 cm³/mol. The van der Waals surface area contributed by atoms with Crippen LogP contribution in [0.3, 0.4) is 0 Å². The minimum atomic E-state index is -0.687. The molecule has 0 radical (unpaired) electrons. The van der Waals surface area contributed by atoms with Crippen molar-refractivity contribution in [2.75, 3.05) is 0 Å². The zero-order valence-corrected chi connectivity index (χ0v) is 17.6. The van der Waals surface area contributed by atoms with Crippen LogP contribution in [0, 0.1) is 0 Å². The summed E-state index contributed by atoms with van der Waals surface area (Å²) in [6, 6.07) is 15.7. The SMILES string of the molecule is CCn1c(=O)c(-c2noc(C(=O)NCc3ccccc3Cl)n2)nn(-c2ccccc2)c1=O. The average molecular weight is 453 g/mol. The number of amides is 1. The minimum Gasteiger partial charge on any atom is -0.344 e. The Kier molecular flexibility index (Phi) is 5.95. The first kappa shape index (κ1) is 21.2. The molecule has 1 amide bonds. The van der Waals surface area contributed by atoms with Crippen molar-refractivity contribution in [1.82, 2.24) is 29.8 Å². The molecule has 0 aliphatic rings. The van der Waals surface area contributed by atoms with Crippen molar-refractivity contribution in [2.24, 2.45) is 0 Å². The Bertz CT molecular complexity index is 1390. The lowest BCUT2D eigenvalue weighted by Gasteiger charge is -2.09. The van der Waals surface area contributed by atoms with Gasteiger partial charge in [-0.15, -0.1) is 0 Å². The third kappa shape index (κ3) is 4.08. The van der Waals surface area contributed by atoms with Crippen LogP contribution in [0.25, 0.3) is 17.2 Å². The largest absolute Gasteiger partial charge is 0.352 e. The highest BCUT2D eigenvalue weighted by Crippen LogP contribution is 2.15. The van der Waals surface area contributed by atoms with E-state index in [-0.39, 0.29) is 30.5 Å². The van der Waals surface area contributed by atoms with E-state index in [2.05, 4.69) is 20.6 Å². The highest BCUT2D eigenvalue weighted by Gasteiger charge is 2.22. The molecule has 2 aromatic carbocycles. The molecule has 0 bridgehead atoms. The molecule has 0 aliphatic heterocycles. The molecule has 0 spiro atoms. The molecular weight excluding hydrogens is 436 g/mol. The van der Waals surface area contributed by atoms with Gasteiger partial charge in [0.05, 0.1) is 5.69 Å². The molecule has 10 nitrogen and oxygen atoms in total. The topological polar surface area (TPSA) is 125 Å². The molecule has 1 N–H and O–H groups in total. The van der Waals surface area contributed by atoms with Crippen LogP contribution < -0.4 is 16.6 Å². The molecule has 0 unspecified atom stereocenters. The molecule has 162 valence electrons. The van der Waals surface area contributed by atoms with Gasteiger partial charge in [-0.25, -0.2) is 4.79 Å².